The lowest BCUT2D eigenvalue weighted by Crippen LogP contribution is -2.51. The van der Waals surface area contributed by atoms with Gasteiger partial charge in [-0.2, -0.15) is 0 Å². The molecule has 0 saturated carbocycles. The summed E-state index contributed by atoms with van der Waals surface area (Å²) < 4.78 is 0. The van der Waals surface area contributed by atoms with Crippen molar-refractivity contribution in [2.75, 3.05) is 6.54 Å². The number of hydrogen-bond donors (Lipinski definition) is 3. The lowest BCUT2D eigenvalue weighted by atomic mass is 10.0. The second kappa shape index (κ2) is 11.3. The van der Waals surface area contributed by atoms with Crippen LogP contribution in [0.25, 0.3) is 11.0 Å². The molecule has 0 bridgehead atoms. The van der Waals surface area contributed by atoms with Gasteiger partial charge in [-0.05, 0) is 57.6 Å². The van der Waals surface area contributed by atoms with Crippen molar-refractivity contribution in [2.45, 2.75) is 84.3 Å². The van der Waals surface area contributed by atoms with Crippen LogP contribution in [-0.4, -0.2) is 51.2 Å². The van der Waals surface area contributed by atoms with Gasteiger partial charge in [0.05, 0.1) is 23.5 Å². The first-order chi connectivity index (χ1) is 15.7. The second-order valence-electron chi connectivity index (χ2n) is 9.56. The molecule has 0 spiro atoms. The van der Waals surface area contributed by atoms with E-state index >= 15 is 0 Å². The lowest BCUT2D eigenvalue weighted by Gasteiger charge is -2.34. The van der Waals surface area contributed by atoms with E-state index in [1.165, 1.54) is 0 Å². The first-order valence-electron chi connectivity index (χ1n) is 12.1. The van der Waals surface area contributed by atoms with E-state index in [-0.39, 0.29) is 30.2 Å². The summed E-state index contributed by atoms with van der Waals surface area (Å²) >= 11 is 0. The van der Waals surface area contributed by atoms with Crippen LogP contribution in [0.4, 0.5) is 0 Å². The number of carbonyl (C=O) groups is 3. The van der Waals surface area contributed by atoms with Crippen molar-refractivity contribution in [2.24, 2.45) is 5.92 Å². The summed E-state index contributed by atoms with van der Waals surface area (Å²) in [6, 6.07) is 6.50. The second-order valence-corrected chi connectivity index (χ2v) is 9.56. The Morgan fingerprint density at radius 2 is 1.91 bits per heavy atom. The van der Waals surface area contributed by atoms with Crippen molar-refractivity contribution in [3.8, 4) is 0 Å². The first kappa shape index (κ1) is 24.7. The molecular formula is C25H37N5O3. The number of likely N-dealkylation sites (tertiary alicyclic amines) is 1. The maximum absolute atomic E-state index is 13.2. The van der Waals surface area contributed by atoms with Crippen LogP contribution >= 0.6 is 0 Å². The van der Waals surface area contributed by atoms with Crippen molar-refractivity contribution < 1.29 is 14.4 Å². The van der Waals surface area contributed by atoms with Crippen LogP contribution in [0, 0.1) is 5.92 Å². The SMILES string of the molecule is CC(C)CCC(=O)NC(CC(=O)N1CCCCC1C)C(=O)N[C@H](C)c1nc2ccccc2[nH]1. The monoisotopic (exact) mass is 455 g/mol. The third-order valence-corrected chi connectivity index (χ3v) is 6.28. The fourth-order valence-corrected chi connectivity index (χ4v) is 4.22. The highest BCUT2D eigenvalue weighted by molar-refractivity contribution is 5.92. The average Bonchev–Trinajstić information content (AvgIpc) is 3.22. The Labute approximate surface area is 195 Å². The number of H-pyrrole nitrogens is 1. The Hall–Kier alpha value is -2.90. The Morgan fingerprint density at radius 1 is 1.15 bits per heavy atom. The van der Waals surface area contributed by atoms with Crippen LogP contribution in [0.3, 0.4) is 0 Å². The van der Waals surface area contributed by atoms with Gasteiger partial charge < -0.3 is 20.5 Å². The minimum Gasteiger partial charge on any atom is -0.345 e. The largest absolute Gasteiger partial charge is 0.345 e. The number of fused-ring (bicyclic) bond motifs is 1. The zero-order valence-electron chi connectivity index (χ0n) is 20.2. The molecule has 0 radical (unpaired) electrons. The van der Waals surface area contributed by atoms with Crippen LogP contribution < -0.4 is 10.6 Å². The summed E-state index contributed by atoms with van der Waals surface area (Å²) in [6.07, 6.45) is 4.05. The molecule has 2 unspecified atom stereocenters. The lowest BCUT2D eigenvalue weighted by molar-refractivity contribution is -0.138. The molecule has 33 heavy (non-hydrogen) atoms. The van der Waals surface area contributed by atoms with Gasteiger partial charge in [0.2, 0.25) is 17.7 Å². The number of amides is 3. The van der Waals surface area contributed by atoms with Gasteiger partial charge in [-0.25, -0.2) is 4.98 Å². The van der Waals surface area contributed by atoms with Gasteiger partial charge in [0.25, 0.3) is 0 Å². The van der Waals surface area contributed by atoms with E-state index in [0.29, 0.717) is 24.7 Å². The van der Waals surface area contributed by atoms with E-state index in [1.807, 2.05) is 56.9 Å². The average molecular weight is 456 g/mol. The maximum atomic E-state index is 13.2. The number of piperidine rings is 1. The molecule has 1 fully saturated rings. The van der Waals surface area contributed by atoms with Crippen LogP contribution in [-0.2, 0) is 14.4 Å². The molecule has 0 aliphatic carbocycles. The summed E-state index contributed by atoms with van der Waals surface area (Å²) in [5.74, 6) is 0.332. The van der Waals surface area contributed by atoms with Crippen molar-refractivity contribution in [1.82, 2.24) is 25.5 Å². The Bertz CT molecular complexity index is 937. The first-order valence-corrected chi connectivity index (χ1v) is 12.1. The minimum absolute atomic E-state index is 0.0452. The van der Waals surface area contributed by atoms with Crippen LogP contribution in [0.15, 0.2) is 24.3 Å². The van der Waals surface area contributed by atoms with Crippen molar-refractivity contribution in [1.29, 1.82) is 0 Å². The van der Waals surface area contributed by atoms with Gasteiger partial charge >= 0.3 is 0 Å². The molecule has 3 rings (SSSR count). The van der Waals surface area contributed by atoms with Gasteiger partial charge in [0.1, 0.15) is 11.9 Å². The molecule has 1 aliphatic rings. The van der Waals surface area contributed by atoms with Crippen molar-refractivity contribution >= 4 is 28.8 Å². The molecule has 3 amide bonds. The molecule has 1 aromatic carbocycles. The number of benzene rings is 1. The quantitative estimate of drug-likeness (QED) is 0.538. The predicted molar refractivity (Wildman–Crippen MR) is 128 cm³/mol. The van der Waals surface area contributed by atoms with Gasteiger partial charge in [-0.15, -0.1) is 0 Å². The molecule has 3 N–H and O–H groups in total. The van der Waals surface area contributed by atoms with Crippen LogP contribution in [0.2, 0.25) is 0 Å². The van der Waals surface area contributed by atoms with Crippen LogP contribution in [0.5, 0.6) is 0 Å². The number of hydrogen-bond acceptors (Lipinski definition) is 4. The number of aromatic amines is 1. The van der Waals surface area contributed by atoms with E-state index in [0.717, 1.165) is 36.7 Å². The number of rotatable bonds is 9. The summed E-state index contributed by atoms with van der Waals surface area (Å²) in [6.45, 7) is 8.67. The van der Waals surface area contributed by atoms with E-state index in [4.69, 9.17) is 0 Å². The molecule has 180 valence electrons. The fraction of sp³-hybridized carbons (Fsp3) is 0.600. The van der Waals surface area contributed by atoms with Crippen molar-refractivity contribution in [3.05, 3.63) is 30.1 Å². The molecule has 8 heteroatoms. The molecule has 8 nitrogen and oxygen atoms in total. The topological polar surface area (TPSA) is 107 Å². The summed E-state index contributed by atoms with van der Waals surface area (Å²) in [4.78, 5) is 48.3. The minimum atomic E-state index is -0.918. The molecule has 2 heterocycles. The zero-order valence-corrected chi connectivity index (χ0v) is 20.2. The maximum Gasteiger partial charge on any atom is 0.243 e. The number of aromatic nitrogens is 2. The zero-order chi connectivity index (χ0) is 24.0. The van der Waals surface area contributed by atoms with Gasteiger partial charge in [0, 0.05) is 19.0 Å². The highest BCUT2D eigenvalue weighted by Gasteiger charge is 2.30. The van der Waals surface area contributed by atoms with Crippen molar-refractivity contribution in [3.63, 3.8) is 0 Å². The third-order valence-electron chi connectivity index (χ3n) is 6.28. The highest BCUT2D eigenvalue weighted by atomic mass is 16.2. The molecular weight excluding hydrogens is 418 g/mol. The van der Waals surface area contributed by atoms with E-state index in [2.05, 4.69) is 20.6 Å². The Balaban J connectivity index is 1.69. The van der Waals surface area contributed by atoms with Gasteiger partial charge in [0.15, 0.2) is 0 Å². The van der Waals surface area contributed by atoms with Gasteiger partial charge in [-0.3, -0.25) is 14.4 Å². The molecule has 1 saturated heterocycles. The molecule has 1 aromatic heterocycles. The Morgan fingerprint density at radius 3 is 2.61 bits per heavy atom. The normalized spacial score (nSPS) is 18.2. The number of imidazole rings is 1. The standard InChI is InChI=1S/C25H37N5O3/c1-16(2)12-13-22(31)27-21(15-23(32)30-14-8-7-9-17(30)3)25(33)26-18(4)24-28-19-10-5-6-11-20(19)29-24/h5-6,10-11,16-18,21H,7-9,12-15H2,1-4H3,(H,26,33)(H,27,31)(H,28,29)/t17?,18-,21?/m1/s1. The number of para-hydroxylation sites is 2. The molecule has 2 aromatic rings. The van der Waals surface area contributed by atoms with E-state index < -0.39 is 12.1 Å². The molecule has 3 atom stereocenters. The number of nitrogens with one attached hydrogen (secondary N) is 3. The third kappa shape index (κ3) is 6.79. The summed E-state index contributed by atoms with van der Waals surface area (Å²) in [5, 5.41) is 5.74. The van der Waals surface area contributed by atoms with Gasteiger partial charge in [-0.1, -0.05) is 26.0 Å². The smallest absolute Gasteiger partial charge is 0.243 e. The number of nitrogens with zero attached hydrogens (tertiary/aromatic N) is 2. The van der Waals surface area contributed by atoms with E-state index in [9.17, 15) is 14.4 Å². The number of carbonyl (C=O) groups excluding carboxylic acids is 3. The fourth-order valence-electron chi connectivity index (χ4n) is 4.22. The van der Waals surface area contributed by atoms with Crippen LogP contribution in [0.1, 0.15) is 78.1 Å². The highest BCUT2D eigenvalue weighted by Crippen LogP contribution is 2.19. The predicted octanol–water partition coefficient (Wildman–Crippen LogP) is 3.45. The Kier molecular flexibility index (Phi) is 8.47. The molecule has 1 aliphatic heterocycles. The summed E-state index contributed by atoms with van der Waals surface area (Å²) in [5.41, 5.74) is 1.71. The summed E-state index contributed by atoms with van der Waals surface area (Å²) in [7, 11) is 0. The van der Waals surface area contributed by atoms with E-state index in [1.54, 1.807) is 0 Å².